The third-order valence-electron chi connectivity index (χ3n) is 2.37. The number of nitrogens with two attached hydrogens (primary N) is 1. The lowest BCUT2D eigenvalue weighted by molar-refractivity contribution is -0.118. The molecule has 0 saturated carbocycles. The number of carbonyl (C=O) groups excluding carboxylic acids is 1. The maximum absolute atomic E-state index is 10.5. The molecule has 0 radical (unpaired) electrons. The fourth-order valence-corrected chi connectivity index (χ4v) is 1.52. The van der Waals surface area contributed by atoms with Gasteiger partial charge < -0.3 is 11.1 Å². The highest BCUT2D eigenvalue weighted by Gasteiger charge is 1.99. The maximum atomic E-state index is 10.5. The van der Waals surface area contributed by atoms with Crippen molar-refractivity contribution < 1.29 is 4.79 Å². The van der Waals surface area contributed by atoms with Crippen molar-refractivity contribution in [1.29, 1.82) is 0 Å². The van der Waals surface area contributed by atoms with E-state index in [1.807, 2.05) is 24.3 Å². The van der Waals surface area contributed by atoms with Gasteiger partial charge in [-0.05, 0) is 12.5 Å². The highest BCUT2D eigenvalue weighted by atomic mass is 16.1. The Bertz CT molecular complexity index is 527. The number of rotatable bonds is 5. The summed E-state index contributed by atoms with van der Waals surface area (Å²) in [5, 5.41) is 4.07. The molecule has 0 unspecified atom stereocenters. The maximum Gasteiger partial charge on any atom is 0.223 e. The topological polar surface area (TPSA) is 80.9 Å². The van der Waals surface area contributed by atoms with E-state index >= 15 is 0 Å². The van der Waals surface area contributed by atoms with Crippen molar-refractivity contribution in [2.75, 3.05) is 11.9 Å². The number of primary amides is 1. The van der Waals surface area contributed by atoms with Crippen LogP contribution in [-0.2, 0) is 4.79 Å². The van der Waals surface area contributed by atoms with Gasteiger partial charge in [0.15, 0.2) is 0 Å². The summed E-state index contributed by atoms with van der Waals surface area (Å²) in [7, 11) is 0. The number of hydrogen-bond donors (Lipinski definition) is 2. The first-order valence-electron chi connectivity index (χ1n) is 5.49. The molecule has 0 aliphatic carbocycles. The van der Waals surface area contributed by atoms with E-state index in [4.69, 9.17) is 5.73 Å². The van der Waals surface area contributed by atoms with E-state index < -0.39 is 0 Å². The summed E-state index contributed by atoms with van der Waals surface area (Å²) in [4.78, 5) is 19.1. The second kappa shape index (κ2) is 5.25. The molecular formula is C12H14N4O. The summed E-state index contributed by atoms with van der Waals surface area (Å²) in [6.07, 6.45) is 2.84. The van der Waals surface area contributed by atoms with Crippen molar-refractivity contribution in [2.24, 2.45) is 5.73 Å². The second-order valence-corrected chi connectivity index (χ2v) is 3.75. The van der Waals surface area contributed by atoms with Crippen LogP contribution in [0.5, 0.6) is 0 Å². The number of benzene rings is 1. The summed E-state index contributed by atoms with van der Waals surface area (Å²) < 4.78 is 0. The molecule has 2 rings (SSSR count). The quantitative estimate of drug-likeness (QED) is 0.759. The molecule has 1 aromatic carbocycles. The van der Waals surface area contributed by atoms with Gasteiger partial charge in [0.1, 0.15) is 0 Å². The fraction of sp³-hybridized carbons (Fsp3) is 0.250. The standard InChI is InChI=1S/C12H14N4O/c13-11(17)6-3-7-14-12-15-8-9-4-1-2-5-10(9)16-12/h1-2,4-5,8H,3,6-7H2,(H2,13,17)(H,14,15,16). The van der Waals surface area contributed by atoms with Crippen LogP contribution in [0.25, 0.3) is 10.9 Å². The van der Waals surface area contributed by atoms with Gasteiger partial charge in [-0.1, -0.05) is 18.2 Å². The first-order chi connectivity index (χ1) is 8.25. The van der Waals surface area contributed by atoms with Gasteiger partial charge in [-0.25, -0.2) is 9.97 Å². The van der Waals surface area contributed by atoms with Crippen LogP contribution in [0.1, 0.15) is 12.8 Å². The fourth-order valence-electron chi connectivity index (χ4n) is 1.52. The van der Waals surface area contributed by atoms with E-state index in [9.17, 15) is 4.79 Å². The number of anilines is 1. The van der Waals surface area contributed by atoms with Gasteiger partial charge in [0, 0.05) is 24.5 Å². The van der Waals surface area contributed by atoms with E-state index in [0.29, 0.717) is 25.3 Å². The van der Waals surface area contributed by atoms with Crippen LogP contribution >= 0.6 is 0 Å². The summed E-state index contributed by atoms with van der Waals surface area (Å²) in [6, 6.07) is 7.79. The minimum absolute atomic E-state index is 0.286. The number of para-hydroxylation sites is 1. The Hall–Kier alpha value is -2.17. The Balaban J connectivity index is 1.97. The molecule has 0 atom stereocenters. The van der Waals surface area contributed by atoms with E-state index in [2.05, 4.69) is 15.3 Å². The molecule has 0 fully saturated rings. The first kappa shape index (κ1) is 11.3. The zero-order chi connectivity index (χ0) is 12.1. The monoisotopic (exact) mass is 230 g/mol. The van der Waals surface area contributed by atoms with Crippen molar-refractivity contribution in [3.8, 4) is 0 Å². The first-order valence-corrected chi connectivity index (χ1v) is 5.49. The van der Waals surface area contributed by atoms with Crippen LogP contribution in [-0.4, -0.2) is 22.4 Å². The minimum Gasteiger partial charge on any atom is -0.370 e. The number of fused-ring (bicyclic) bond motifs is 1. The lowest BCUT2D eigenvalue weighted by atomic mass is 10.2. The van der Waals surface area contributed by atoms with E-state index in [0.717, 1.165) is 10.9 Å². The molecule has 0 bridgehead atoms. The molecule has 0 aliphatic rings. The SMILES string of the molecule is NC(=O)CCCNc1ncc2ccccc2n1. The molecule has 3 N–H and O–H groups in total. The Kier molecular flexibility index (Phi) is 3.49. The smallest absolute Gasteiger partial charge is 0.223 e. The van der Waals surface area contributed by atoms with Crippen molar-refractivity contribution in [2.45, 2.75) is 12.8 Å². The van der Waals surface area contributed by atoms with Crippen molar-refractivity contribution in [1.82, 2.24) is 9.97 Å². The molecule has 2 aromatic rings. The van der Waals surface area contributed by atoms with Gasteiger partial charge >= 0.3 is 0 Å². The van der Waals surface area contributed by atoms with Crippen LogP contribution in [0.4, 0.5) is 5.95 Å². The van der Waals surface area contributed by atoms with Gasteiger partial charge in [-0.2, -0.15) is 0 Å². The Morgan fingerprint density at radius 3 is 3.00 bits per heavy atom. The van der Waals surface area contributed by atoms with Gasteiger partial charge in [0.2, 0.25) is 11.9 Å². The Labute approximate surface area is 99.1 Å². The second-order valence-electron chi connectivity index (χ2n) is 3.75. The lowest BCUT2D eigenvalue weighted by Gasteiger charge is -2.04. The molecule has 1 amide bonds. The Morgan fingerprint density at radius 1 is 1.35 bits per heavy atom. The van der Waals surface area contributed by atoms with Gasteiger partial charge in [0.25, 0.3) is 0 Å². The summed E-state index contributed by atoms with van der Waals surface area (Å²) in [6.45, 7) is 0.640. The van der Waals surface area contributed by atoms with Crippen LogP contribution in [0.3, 0.4) is 0 Å². The molecule has 88 valence electrons. The molecule has 1 heterocycles. The number of carbonyl (C=O) groups is 1. The zero-order valence-corrected chi connectivity index (χ0v) is 9.39. The van der Waals surface area contributed by atoms with Gasteiger partial charge in [-0.3, -0.25) is 4.79 Å². The van der Waals surface area contributed by atoms with Crippen molar-refractivity contribution in [3.63, 3.8) is 0 Å². The van der Waals surface area contributed by atoms with E-state index in [1.165, 1.54) is 0 Å². The van der Waals surface area contributed by atoms with Crippen LogP contribution in [0, 0.1) is 0 Å². The highest BCUT2D eigenvalue weighted by molar-refractivity contribution is 5.78. The third kappa shape index (κ3) is 3.14. The number of nitrogens with one attached hydrogen (secondary N) is 1. The molecule has 0 spiro atoms. The summed E-state index contributed by atoms with van der Waals surface area (Å²) in [5.41, 5.74) is 5.95. The predicted octanol–water partition coefficient (Wildman–Crippen LogP) is 1.31. The van der Waals surface area contributed by atoms with Crippen LogP contribution < -0.4 is 11.1 Å². The minimum atomic E-state index is -0.286. The largest absolute Gasteiger partial charge is 0.370 e. The average Bonchev–Trinajstić information content (AvgIpc) is 2.34. The molecule has 1 aromatic heterocycles. The molecular weight excluding hydrogens is 216 g/mol. The van der Waals surface area contributed by atoms with Crippen molar-refractivity contribution in [3.05, 3.63) is 30.5 Å². The van der Waals surface area contributed by atoms with Crippen molar-refractivity contribution >= 4 is 22.8 Å². The lowest BCUT2D eigenvalue weighted by Crippen LogP contribution is -2.13. The molecule has 5 heteroatoms. The summed E-state index contributed by atoms with van der Waals surface area (Å²) >= 11 is 0. The van der Waals surface area contributed by atoms with E-state index in [1.54, 1.807) is 6.20 Å². The van der Waals surface area contributed by atoms with Crippen LogP contribution in [0.15, 0.2) is 30.5 Å². The molecule has 5 nitrogen and oxygen atoms in total. The predicted molar refractivity (Wildman–Crippen MR) is 66.5 cm³/mol. The van der Waals surface area contributed by atoms with Crippen LogP contribution in [0.2, 0.25) is 0 Å². The third-order valence-corrected chi connectivity index (χ3v) is 2.37. The molecule has 17 heavy (non-hydrogen) atoms. The van der Waals surface area contributed by atoms with Gasteiger partial charge in [0.05, 0.1) is 5.52 Å². The number of amides is 1. The number of hydrogen-bond acceptors (Lipinski definition) is 4. The normalized spacial score (nSPS) is 10.4. The Morgan fingerprint density at radius 2 is 2.18 bits per heavy atom. The highest BCUT2D eigenvalue weighted by Crippen LogP contribution is 2.11. The summed E-state index contributed by atoms with van der Waals surface area (Å²) in [5.74, 6) is 0.291. The number of nitrogens with zero attached hydrogens (tertiary/aromatic N) is 2. The molecule has 0 aliphatic heterocycles. The van der Waals surface area contributed by atoms with Gasteiger partial charge in [-0.15, -0.1) is 0 Å². The average molecular weight is 230 g/mol. The molecule has 0 saturated heterocycles. The number of aromatic nitrogens is 2. The zero-order valence-electron chi connectivity index (χ0n) is 9.39. The van der Waals surface area contributed by atoms with E-state index in [-0.39, 0.29) is 5.91 Å².